The fraction of sp³-hybridized carbons (Fsp3) is 0.381. The van der Waals surface area contributed by atoms with Crippen LogP contribution < -0.4 is 31.0 Å². The number of nitrogens with one attached hydrogen (secondary N) is 4. The summed E-state index contributed by atoms with van der Waals surface area (Å²) in [7, 11) is 0.418. The summed E-state index contributed by atoms with van der Waals surface area (Å²) in [6, 6.07) is 51.4. The van der Waals surface area contributed by atoms with Crippen LogP contribution in [0.4, 0.5) is 27.0 Å². The molecule has 3 aliphatic rings. The van der Waals surface area contributed by atoms with E-state index in [0.29, 0.717) is 28.6 Å². The van der Waals surface area contributed by atoms with Gasteiger partial charge in [0.2, 0.25) is 11.9 Å². The predicted octanol–water partition coefficient (Wildman–Crippen LogP) is 14.5. The van der Waals surface area contributed by atoms with Crippen molar-refractivity contribution in [2.75, 3.05) is 95.4 Å². The summed E-state index contributed by atoms with van der Waals surface area (Å²) in [5, 5.41) is 28.0. The van der Waals surface area contributed by atoms with Crippen LogP contribution in [0.15, 0.2) is 175 Å². The van der Waals surface area contributed by atoms with E-state index in [1.807, 2.05) is 149 Å². The van der Waals surface area contributed by atoms with E-state index < -0.39 is 89.2 Å². The van der Waals surface area contributed by atoms with Gasteiger partial charge in [0.1, 0.15) is 61.3 Å². The minimum atomic E-state index is -2.49. The highest BCUT2D eigenvalue weighted by Crippen LogP contribution is 2.53. The largest absolute Gasteiger partial charge is 0.497 e. The molecule has 35 heteroatoms. The lowest BCUT2D eigenvalue weighted by Crippen LogP contribution is -2.38. The van der Waals surface area contributed by atoms with Gasteiger partial charge in [-0.2, -0.15) is 27.3 Å². The first-order valence-electron chi connectivity index (χ1n) is 38.9. The zero-order chi connectivity index (χ0) is 83.5. The van der Waals surface area contributed by atoms with Crippen LogP contribution in [-0.4, -0.2) is 189 Å². The number of anilines is 3. The van der Waals surface area contributed by atoms with Gasteiger partial charge < -0.3 is 66.0 Å². The van der Waals surface area contributed by atoms with Crippen molar-refractivity contribution in [3.63, 3.8) is 0 Å². The third-order valence-corrected chi connectivity index (χ3v) is 24.1. The van der Waals surface area contributed by atoms with Crippen molar-refractivity contribution in [3.05, 3.63) is 214 Å². The predicted molar refractivity (Wildman–Crippen MR) is 446 cm³/mol. The van der Waals surface area contributed by atoms with Crippen LogP contribution in [0.3, 0.4) is 0 Å². The molecule has 2 aliphatic heterocycles. The number of hydrogen-bond acceptors (Lipinski definition) is 26. The molecule has 6 heterocycles. The number of nitriles is 2. The van der Waals surface area contributed by atoms with Crippen molar-refractivity contribution in [2.45, 2.75) is 127 Å². The number of amides is 4. The van der Waals surface area contributed by atoms with Crippen molar-refractivity contribution in [1.29, 1.82) is 10.5 Å². The highest BCUT2D eigenvalue weighted by atomic mass is 32.2. The molecule has 4 N–H and O–H groups in total. The van der Waals surface area contributed by atoms with Gasteiger partial charge in [0.15, 0.2) is 28.1 Å². The Morgan fingerprint density at radius 2 is 1.24 bits per heavy atom. The van der Waals surface area contributed by atoms with Crippen LogP contribution >= 0.6 is 28.9 Å². The lowest BCUT2D eigenvalue weighted by atomic mass is 9.80. The Labute approximate surface area is 694 Å². The average Bonchev–Trinajstić information content (AvgIpc) is 1.49. The maximum absolute atomic E-state index is 14.1. The highest BCUT2D eigenvalue weighted by Gasteiger charge is 2.47. The van der Waals surface area contributed by atoms with E-state index >= 15 is 0 Å². The molecule has 32 nitrogen and oxygen atoms in total. The number of aromatic nitrogens is 8. The Bertz CT molecular complexity index is 5170. The number of thioether (sulfide) groups is 1. The molecule has 119 heavy (non-hydrogen) atoms. The second kappa shape index (κ2) is 40.7. The molecule has 10 aromatic rings. The molecule has 2 fully saturated rings. The van der Waals surface area contributed by atoms with Gasteiger partial charge in [-0.1, -0.05) is 103 Å². The van der Waals surface area contributed by atoms with E-state index in [1.54, 1.807) is 66.4 Å². The first kappa shape index (κ1) is 86.0. The Morgan fingerprint density at radius 1 is 0.655 bits per heavy atom. The summed E-state index contributed by atoms with van der Waals surface area (Å²) < 4.78 is 83.4. The summed E-state index contributed by atoms with van der Waals surface area (Å²) >= 11 is 1.55. The number of hydrogen-bond donors (Lipinski definition) is 4. The molecule has 8 atom stereocenters. The lowest BCUT2D eigenvalue weighted by molar-refractivity contribution is -0.116. The topological polar surface area (TPSA) is 376 Å². The molecule has 4 aromatic heterocycles. The fourth-order valence-corrected chi connectivity index (χ4v) is 17.7. The summed E-state index contributed by atoms with van der Waals surface area (Å²) in [5.41, 5.74) is 5.82. The highest BCUT2D eigenvalue weighted by molar-refractivity contribution is 7.98. The average molecular weight is 1680 g/mol. The molecule has 0 saturated carbocycles. The lowest BCUT2D eigenvalue weighted by Gasteiger charge is -2.37. The third kappa shape index (κ3) is 20.5. The van der Waals surface area contributed by atoms with Gasteiger partial charge in [-0.25, -0.2) is 34.2 Å². The van der Waals surface area contributed by atoms with Gasteiger partial charge in [0.25, 0.3) is 20.0 Å². The van der Waals surface area contributed by atoms with Gasteiger partial charge in [0.05, 0.1) is 90.5 Å². The number of fused-ring (bicyclic) bond motifs is 5. The van der Waals surface area contributed by atoms with Crippen molar-refractivity contribution < 1.29 is 75.0 Å². The first-order valence-corrected chi connectivity index (χ1v) is 42.5. The maximum Gasteiger partial charge on any atom is 0.411 e. The molecular formula is C84H93N15O17P2S. The second-order valence-corrected chi connectivity index (χ2v) is 32.2. The number of nitrogens with zero attached hydrogens (tertiary/aromatic N) is 11. The standard InChI is InChI=1S/C84H93N15O17P2S/c1-53(2)99(54(3)4)117(110-41-17-38-85)115-67-45-72(97-51-89-74-76(87-50-88-77(74)97)93-79(101)55-26-32-59(33-27-55)91-82(103)107-43-44-119-8)114-70(67)49-112-118(111-42-18-39-86)116-68-46-73(113-69(68)48-109-84(56-19-10-9-11-20-56,57-28-34-60(105-6)35-29-57)58-30-36-61(106-7)37-31-58)98-52-90-75-78(98)94-81(95-80(75)102)92-71(100)25-16-40-96(5)83(104)108-47-66-64-23-14-12-21-62(64)63-22-13-15-24-65(63)66/h9-15,19-24,26-37,50-54,66-70,72-73H,16-18,25,40-49H2,1-8H3,(H,91,103)(H,87,88,93,101)(H2,92,94,95,100,102)/t67-,68-,69-,70-,72-,73-,117?,118?/m1/s1. The summed E-state index contributed by atoms with van der Waals surface area (Å²) in [6.07, 6.45) is -0.139. The number of aromatic amines is 1. The van der Waals surface area contributed by atoms with Crippen molar-refractivity contribution in [3.8, 4) is 34.8 Å². The van der Waals surface area contributed by atoms with Crippen LogP contribution in [0, 0.1) is 22.7 Å². The summed E-state index contributed by atoms with van der Waals surface area (Å²) in [6.45, 7) is 8.18. The van der Waals surface area contributed by atoms with Gasteiger partial charge in [0, 0.05) is 67.9 Å². The van der Waals surface area contributed by atoms with E-state index in [2.05, 4.69) is 64.8 Å². The minimum absolute atomic E-state index is 0.0247. The van der Waals surface area contributed by atoms with Gasteiger partial charge in [-0.15, -0.1) is 0 Å². The number of imidazole rings is 2. The van der Waals surface area contributed by atoms with Crippen molar-refractivity contribution in [2.24, 2.45) is 0 Å². The van der Waals surface area contributed by atoms with E-state index in [0.717, 1.165) is 38.9 Å². The molecule has 2 unspecified atom stereocenters. The molecule has 1 aliphatic carbocycles. The molecule has 0 radical (unpaired) electrons. The normalized spacial score (nSPS) is 17.5. The molecule has 622 valence electrons. The maximum atomic E-state index is 14.1. The smallest absolute Gasteiger partial charge is 0.411 e. The number of carbonyl (C=O) groups is 4. The fourth-order valence-electron chi connectivity index (χ4n) is 14.5. The molecule has 4 amide bonds. The Hall–Kier alpha value is -10.9. The quantitative estimate of drug-likeness (QED) is 0.0158. The Kier molecular flexibility index (Phi) is 29.4. The number of carbonyl (C=O) groups excluding carboxylic acids is 4. The molecular weight excluding hydrogens is 1590 g/mol. The third-order valence-electron chi connectivity index (χ3n) is 20.2. The van der Waals surface area contributed by atoms with Gasteiger partial charge in [-0.3, -0.25) is 39.1 Å². The van der Waals surface area contributed by atoms with Crippen molar-refractivity contribution >= 4 is 92.7 Å². The van der Waals surface area contributed by atoms with E-state index in [4.69, 9.17) is 65.7 Å². The summed E-state index contributed by atoms with van der Waals surface area (Å²) in [5.74, 6) is 0.674. The molecule has 2 saturated heterocycles. The minimum Gasteiger partial charge on any atom is -0.497 e. The molecule has 0 spiro atoms. The zero-order valence-electron chi connectivity index (χ0n) is 66.9. The van der Waals surface area contributed by atoms with E-state index in [9.17, 15) is 34.5 Å². The Balaban J connectivity index is 0.776. The summed E-state index contributed by atoms with van der Waals surface area (Å²) in [4.78, 5) is 94.6. The molecule has 6 aromatic carbocycles. The monoisotopic (exact) mass is 1680 g/mol. The molecule has 13 rings (SSSR count). The van der Waals surface area contributed by atoms with Gasteiger partial charge >= 0.3 is 20.8 Å². The first-order chi connectivity index (χ1) is 57.9. The second-order valence-electron chi connectivity index (χ2n) is 28.6. The number of ether oxygens (including phenoxy) is 7. The van der Waals surface area contributed by atoms with Crippen LogP contribution in [0.5, 0.6) is 11.5 Å². The number of H-pyrrole nitrogens is 1. The van der Waals surface area contributed by atoms with Gasteiger partial charge in [-0.05, 0) is 128 Å². The molecule has 0 bridgehead atoms. The number of benzene rings is 6. The van der Waals surface area contributed by atoms with Crippen LogP contribution in [0.2, 0.25) is 0 Å². The van der Waals surface area contributed by atoms with E-state index in [-0.39, 0.29) is 137 Å². The number of rotatable bonds is 39. The van der Waals surface area contributed by atoms with E-state index in [1.165, 1.54) is 23.9 Å². The van der Waals surface area contributed by atoms with Crippen LogP contribution in [-0.2, 0) is 56.7 Å². The van der Waals surface area contributed by atoms with Crippen molar-refractivity contribution in [1.82, 2.24) is 48.6 Å². The van der Waals surface area contributed by atoms with Crippen LogP contribution in [0.1, 0.15) is 123 Å². The zero-order valence-corrected chi connectivity index (χ0v) is 69.5. The number of methoxy groups -OCH3 is 2. The SMILES string of the molecule is COc1ccc(C(OC[C@H]2O[C@@H](n3cnc4c(=O)[nH]c(NC(=O)CCCN(C)C(=O)OCC5c6ccccc6-c6ccccc65)nc43)C[C@H]2OP(OCCC#N)OC[C@H]2O[C@@H](n3cnc4c(NC(=O)c5ccc(NC(=O)OCCSC)cc5)ncnc43)C[C@H]2OP(OCCC#N)N(C(C)C)C(C)C)(c2ccccc2)c2ccc(OC)cc2)cc1. The van der Waals surface area contributed by atoms with Crippen LogP contribution in [0.25, 0.3) is 33.5 Å². The Morgan fingerprint density at radius 3 is 1.87 bits per heavy atom.